The van der Waals surface area contributed by atoms with Gasteiger partial charge < -0.3 is 14.8 Å². The molecule has 4 heterocycles. The third-order valence-electron chi connectivity index (χ3n) is 4.91. The molecule has 0 aromatic carbocycles. The number of hydrogen-bond donors (Lipinski definition) is 2. The highest BCUT2D eigenvalue weighted by Crippen LogP contribution is 2.29. The summed E-state index contributed by atoms with van der Waals surface area (Å²) < 4.78 is 6.85. The SMILES string of the molecule is CCCOc1c[nH]c(Cn2c(-c3ccncc3)nc3sc(C(=O)O)c(C)c3c2=O)cc1=O. The molecular weight excluding hydrogens is 432 g/mol. The van der Waals surface area contributed by atoms with E-state index in [1.165, 1.54) is 16.8 Å². The Hall–Kier alpha value is -3.79. The fourth-order valence-corrected chi connectivity index (χ4v) is 4.39. The Morgan fingerprint density at radius 2 is 2.03 bits per heavy atom. The molecule has 0 spiro atoms. The first kappa shape index (κ1) is 21.4. The van der Waals surface area contributed by atoms with Gasteiger partial charge in [-0.3, -0.25) is 19.1 Å². The second-order valence-corrected chi connectivity index (χ2v) is 8.14. The number of rotatable bonds is 7. The van der Waals surface area contributed by atoms with E-state index < -0.39 is 5.97 Å². The van der Waals surface area contributed by atoms with Gasteiger partial charge in [0.15, 0.2) is 5.75 Å². The lowest BCUT2D eigenvalue weighted by Gasteiger charge is -2.13. The Kier molecular flexibility index (Phi) is 5.87. The number of hydrogen-bond acceptors (Lipinski definition) is 7. The van der Waals surface area contributed by atoms with Crippen molar-refractivity contribution >= 4 is 27.5 Å². The highest BCUT2D eigenvalue weighted by Gasteiger charge is 2.22. The number of aryl methyl sites for hydroxylation is 1. The van der Waals surface area contributed by atoms with Crippen molar-refractivity contribution in [2.75, 3.05) is 6.61 Å². The minimum atomic E-state index is -1.10. The molecule has 32 heavy (non-hydrogen) atoms. The fraction of sp³-hybridized carbons (Fsp3) is 0.227. The van der Waals surface area contributed by atoms with E-state index in [2.05, 4.69) is 15.0 Å². The van der Waals surface area contributed by atoms with Gasteiger partial charge in [-0.2, -0.15) is 0 Å². The number of aromatic carboxylic acids is 1. The number of nitrogens with one attached hydrogen (secondary N) is 1. The van der Waals surface area contributed by atoms with E-state index in [0.717, 1.165) is 17.8 Å². The van der Waals surface area contributed by atoms with Crippen molar-refractivity contribution in [3.05, 3.63) is 73.5 Å². The lowest BCUT2D eigenvalue weighted by atomic mass is 10.2. The number of H-pyrrole nitrogens is 1. The molecule has 0 bridgehead atoms. The molecule has 2 N–H and O–H groups in total. The molecule has 164 valence electrons. The summed E-state index contributed by atoms with van der Waals surface area (Å²) in [6.07, 6.45) is 5.42. The van der Waals surface area contributed by atoms with Crippen molar-refractivity contribution < 1.29 is 14.6 Å². The number of carboxylic acids is 1. The minimum absolute atomic E-state index is 0.0421. The lowest BCUT2D eigenvalue weighted by molar-refractivity contribution is 0.0701. The van der Waals surface area contributed by atoms with Crippen LogP contribution >= 0.6 is 11.3 Å². The first-order chi connectivity index (χ1) is 15.4. The number of carboxylic acid groups (broad SMARTS) is 1. The second-order valence-electron chi connectivity index (χ2n) is 7.14. The summed E-state index contributed by atoms with van der Waals surface area (Å²) in [7, 11) is 0. The van der Waals surface area contributed by atoms with E-state index in [1.54, 1.807) is 31.5 Å². The van der Waals surface area contributed by atoms with Gasteiger partial charge in [0, 0.05) is 35.9 Å². The van der Waals surface area contributed by atoms with E-state index in [4.69, 9.17) is 4.74 Å². The number of nitrogens with zero attached hydrogens (tertiary/aromatic N) is 3. The van der Waals surface area contributed by atoms with Crippen LogP contribution in [0.2, 0.25) is 0 Å². The number of aromatic nitrogens is 4. The smallest absolute Gasteiger partial charge is 0.346 e. The van der Waals surface area contributed by atoms with Crippen molar-refractivity contribution in [3.63, 3.8) is 0 Å². The molecule has 0 saturated carbocycles. The standard InChI is InChI=1S/C22H20N4O5S/c1-3-8-31-16-10-24-14(9-15(16)27)11-26-19(13-4-6-23-7-5-13)25-20-17(21(26)28)12(2)18(32-20)22(29)30/h4-7,9-10H,3,8,11H2,1-2H3,(H,24,27)(H,29,30). The number of ether oxygens (including phenoxy) is 1. The van der Waals surface area contributed by atoms with Crippen molar-refractivity contribution in [2.45, 2.75) is 26.8 Å². The summed E-state index contributed by atoms with van der Waals surface area (Å²) in [5.74, 6) is -0.533. The van der Waals surface area contributed by atoms with Crippen LogP contribution in [0.15, 0.2) is 46.4 Å². The van der Waals surface area contributed by atoms with Gasteiger partial charge >= 0.3 is 5.97 Å². The molecule has 4 aromatic rings. The highest BCUT2D eigenvalue weighted by molar-refractivity contribution is 7.20. The Bertz CT molecular complexity index is 1420. The van der Waals surface area contributed by atoms with Gasteiger partial charge in [-0.1, -0.05) is 6.92 Å². The minimum Gasteiger partial charge on any atom is -0.488 e. The summed E-state index contributed by atoms with van der Waals surface area (Å²) in [4.78, 5) is 49.5. The van der Waals surface area contributed by atoms with E-state index in [-0.39, 0.29) is 33.5 Å². The zero-order chi connectivity index (χ0) is 22.8. The average molecular weight is 452 g/mol. The predicted molar refractivity (Wildman–Crippen MR) is 121 cm³/mol. The van der Waals surface area contributed by atoms with Crippen LogP contribution in [0, 0.1) is 6.92 Å². The Morgan fingerprint density at radius 3 is 2.69 bits per heavy atom. The highest BCUT2D eigenvalue weighted by atomic mass is 32.1. The van der Waals surface area contributed by atoms with E-state index in [0.29, 0.717) is 34.1 Å². The Labute approximate surface area is 186 Å². The van der Waals surface area contributed by atoms with Crippen LogP contribution in [0.4, 0.5) is 0 Å². The molecule has 4 rings (SSSR count). The van der Waals surface area contributed by atoms with Gasteiger partial charge in [-0.15, -0.1) is 11.3 Å². The van der Waals surface area contributed by atoms with Gasteiger partial charge in [0.25, 0.3) is 5.56 Å². The third-order valence-corrected chi connectivity index (χ3v) is 6.08. The molecule has 0 amide bonds. The van der Waals surface area contributed by atoms with Gasteiger partial charge in [-0.25, -0.2) is 9.78 Å². The largest absolute Gasteiger partial charge is 0.488 e. The van der Waals surface area contributed by atoms with Crippen LogP contribution in [0.1, 0.15) is 34.3 Å². The predicted octanol–water partition coefficient (Wildman–Crippen LogP) is 3.05. The topological polar surface area (TPSA) is 127 Å². The molecule has 0 unspecified atom stereocenters. The molecule has 0 fully saturated rings. The zero-order valence-corrected chi connectivity index (χ0v) is 18.2. The van der Waals surface area contributed by atoms with Crippen LogP contribution in [-0.4, -0.2) is 37.2 Å². The number of carbonyl (C=O) groups is 1. The van der Waals surface area contributed by atoms with Crippen LogP contribution < -0.4 is 15.7 Å². The summed E-state index contributed by atoms with van der Waals surface area (Å²) in [6.45, 7) is 4.02. The molecular formula is C22H20N4O5S. The first-order valence-electron chi connectivity index (χ1n) is 9.92. The van der Waals surface area contributed by atoms with Gasteiger partial charge in [0.2, 0.25) is 5.43 Å². The normalized spacial score (nSPS) is 11.1. The zero-order valence-electron chi connectivity index (χ0n) is 17.4. The van der Waals surface area contributed by atoms with Crippen LogP contribution in [0.25, 0.3) is 21.6 Å². The molecule has 0 radical (unpaired) electrons. The molecule has 0 aliphatic carbocycles. The fourth-order valence-electron chi connectivity index (χ4n) is 3.38. The first-order valence-corrected chi connectivity index (χ1v) is 10.7. The van der Waals surface area contributed by atoms with E-state index >= 15 is 0 Å². The van der Waals surface area contributed by atoms with Crippen molar-refractivity contribution in [2.24, 2.45) is 0 Å². The molecule has 0 saturated heterocycles. The van der Waals surface area contributed by atoms with E-state index in [9.17, 15) is 19.5 Å². The molecule has 10 heteroatoms. The summed E-state index contributed by atoms with van der Waals surface area (Å²) in [6, 6.07) is 4.82. The maximum atomic E-state index is 13.5. The van der Waals surface area contributed by atoms with Gasteiger partial charge in [0.05, 0.1) is 18.5 Å². The average Bonchev–Trinajstić information content (AvgIpc) is 3.12. The molecule has 0 aliphatic rings. The Morgan fingerprint density at radius 1 is 1.28 bits per heavy atom. The molecule has 0 atom stereocenters. The maximum Gasteiger partial charge on any atom is 0.346 e. The summed E-state index contributed by atoms with van der Waals surface area (Å²) in [5, 5.41) is 9.74. The quantitative estimate of drug-likeness (QED) is 0.441. The number of pyridine rings is 2. The second kappa shape index (κ2) is 8.75. The van der Waals surface area contributed by atoms with Crippen LogP contribution in [0.3, 0.4) is 0 Å². The van der Waals surface area contributed by atoms with Gasteiger partial charge in [0.1, 0.15) is 15.5 Å². The monoisotopic (exact) mass is 452 g/mol. The molecule has 4 aromatic heterocycles. The third kappa shape index (κ3) is 3.92. The lowest BCUT2D eigenvalue weighted by Crippen LogP contribution is -2.25. The van der Waals surface area contributed by atoms with E-state index in [1.807, 2.05) is 6.92 Å². The molecule has 9 nitrogen and oxygen atoms in total. The van der Waals surface area contributed by atoms with Crippen molar-refractivity contribution in [1.82, 2.24) is 19.5 Å². The number of thiophene rings is 1. The molecule has 0 aliphatic heterocycles. The van der Waals surface area contributed by atoms with Crippen LogP contribution in [0.5, 0.6) is 5.75 Å². The number of fused-ring (bicyclic) bond motifs is 1. The Balaban J connectivity index is 1.89. The van der Waals surface area contributed by atoms with Crippen LogP contribution in [-0.2, 0) is 6.54 Å². The summed E-state index contributed by atoms with van der Waals surface area (Å²) in [5.41, 5.74) is 0.840. The van der Waals surface area contributed by atoms with Crippen molar-refractivity contribution in [3.8, 4) is 17.1 Å². The number of aromatic amines is 1. The maximum absolute atomic E-state index is 13.5. The van der Waals surface area contributed by atoms with Gasteiger partial charge in [-0.05, 0) is 31.0 Å². The summed E-state index contributed by atoms with van der Waals surface area (Å²) >= 11 is 0.968. The van der Waals surface area contributed by atoms with Crippen molar-refractivity contribution in [1.29, 1.82) is 0 Å².